The average molecular weight is 273 g/mol. The highest BCUT2D eigenvalue weighted by Gasteiger charge is 2.10. The Balaban J connectivity index is 2.23. The van der Waals surface area contributed by atoms with Crippen molar-refractivity contribution in [3.8, 4) is 6.01 Å². The Morgan fingerprint density at radius 3 is 2.88 bits per heavy atom. The van der Waals surface area contributed by atoms with Crippen LogP contribution in [0.4, 0.5) is 0 Å². The zero-order valence-corrected chi connectivity index (χ0v) is 10.7. The molecule has 0 radical (unpaired) electrons. The van der Waals surface area contributed by atoms with E-state index in [1.807, 2.05) is 6.92 Å². The second kappa shape index (κ2) is 5.28. The van der Waals surface area contributed by atoms with Gasteiger partial charge in [0.15, 0.2) is 5.16 Å². The van der Waals surface area contributed by atoms with Crippen molar-refractivity contribution < 1.29 is 4.74 Å². The fourth-order valence-corrected chi connectivity index (χ4v) is 1.91. The molecular formula is C8H9ClN6OS. The Bertz CT molecular complexity index is 518. The van der Waals surface area contributed by atoms with Crippen LogP contribution in [-0.2, 0) is 7.05 Å². The van der Waals surface area contributed by atoms with Gasteiger partial charge in [-0.3, -0.25) is 0 Å². The fourth-order valence-electron chi connectivity index (χ4n) is 1.01. The van der Waals surface area contributed by atoms with Crippen molar-refractivity contribution in [2.45, 2.75) is 17.2 Å². The number of rotatable bonds is 4. The van der Waals surface area contributed by atoms with Crippen LogP contribution < -0.4 is 4.74 Å². The molecular weight excluding hydrogens is 264 g/mol. The predicted molar refractivity (Wildman–Crippen MR) is 61.1 cm³/mol. The maximum atomic E-state index is 5.77. The molecule has 90 valence electrons. The summed E-state index contributed by atoms with van der Waals surface area (Å²) in [4.78, 5) is 16.0. The van der Waals surface area contributed by atoms with Gasteiger partial charge in [-0.2, -0.15) is 20.1 Å². The lowest BCUT2D eigenvalue weighted by Gasteiger charge is -2.03. The van der Waals surface area contributed by atoms with Gasteiger partial charge in [0.25, 0.3) is 0 Å². The van der Waals surface area contributed by atoms with Crippen molar-refractivity contribution in [1.29, 1.82) is 0 Å². The standard InChI is InChI=1S/C8H9ClN6OS/c1-3-16-6-12-5(9)13-7(14-6)17-8-10-4-11-15(8)2/h4H,3H2,1-2H3. The normalized spacial score (nSPS) is 10.5. The first-order chi connectivity index (χ1) is 8.19. The van der Waals surface area contributed by atoms with Gasteiger partial charge < -0.3 is 4.74 Å². The largest absolute Gasteiger partial charge is 0.464 e. The molecule has 17 heavy (non-hydrogen) atoms. The number of halogens is 1. The average Bonchev–Trinajstić information content (AvgIpc) is 2.64. The first-order valence-electron chi connectivity index (χ1n) is 4.75. The lowest BCUT2D eigenvalue weighted by Crippen LogP contribution is -2.01. The first-order valence-corrected chi connectivity index (χ1v) is 5.94. The van der Waals surface area contributed by atoms with Gasteiger partial charge in [-0.15, -0.1) is 0 Å². The Kier molecular flexibility index (Phi) is 3.75. The van der Waals surface area contributed by atoms with Gasteiger partial charge in [-0.05, 0) is 30.3 Å². The van der Waals surface area contributed by atoms with E-state index in [1.165, 1.54) is 18.1 Å². The number of nitrogens with zero attached hydrogens (tertiary/aromatic N) is 6. The summed E-state index contributed by atoms with van der Waals surface area (Å²) in [6, 6.07) is 0.206. The molecule has 0 fully saturated rings. The van der Waals surface area contributed by atoms with Crippen LogP contribution in [0, 0.1) is 0 Å². The summed E-state index contributed by atoms with van der Waals surface area (Å²) >= 11 is 7.01. The van der Waals surface area contributed by atoms with Crippen LogP contribution in [0.25, 0.3) is 0 Å². The fraction of sp³-hybridized carbons (Fsp3) is 0.375. The maximum Gasteiger partial charge on any atom is 0.321 e. The molecule has 2 rings (SSSR count). The van der Waals surface area contributed by atoms with Gasteiger partial charge >= 0.3 is 6.01 Å². The molecule has 9 heteroatoms. The lowest BCUT2D eigenvalue weighted by atomic mass is 10.9. The summed E-state index contributed by atoms with van der Waals surface area (Å²) in [6.45, 7) is 2.31. The van der Waals surface area contributed by atoms with E-state index in [4.69, 9.17) is 16.3 Å². The molecule has 0 saturated carbocycles. The third-order valence-electron chi connectivity index (χ3n) is 1.69. The van der Waals surface area contributed by atoms with Crippen LogP contribution in [-0.4, -0.2) is 36.3 Å². The predicted octanol–water partition coefficient (Wildman–Crippen LogP) is 1.20. The van der Waals surface area contributed by atoms with Crippen molar-refractivity contribution in [3.63, 3.8) is 0 Å². The second-order valence-electron chi connectivity index (χ2n) is 2.87. The molecule has 0 unspecified atom stereocenters. The van der Waals surface area contributed by atoms with E-state index in [9.17, 15) is 0 Å². The van der Waals surface area contributed by atoms with E-state index in [-0.39, 0.29) is 11.3 Å². The molecule has 0 amide bonds. The molecule has 7 nitrogen and oxygen atoms in total. The number of hydrogen-bond acceptors (Lipinski definition) is 7. The quantitative estimate of drug-likeness (QED) is 0.827. The van der Waals surface area contributed by atoms with E-state index in [0.29, 0.717) is 16.9 Å². The Hall–Kier alpha value is -1.41. The van der Waals surface area contributed by atoms with E-state index >= 15 is 0 Å². The van der Waals surface area contributed by atoms with Crippen molar-refractivity contribution in [2.75, 3.05) is 6.61 Å². The lowest BCUT2D eigenvalue weighted by molar-refractivity contribution is 0.307. The number of ether oxygens (including phenoxy) is 1. The Labute approximate surface area is 107 Å². The maximum absolute atomic E-state index is 5.77. The van der Waals surface area contributed by atoms with Crippen LogP contribution in [0.1, 0.15) is 6.92 Å². The number of aromatic nitrogens is 6. The Morgan fingerprint density at radius 2 is 2.24 bits per heavy atom. The van der Waals surface area contributed by atoms with Crippen molar-refractivity contribution in [1.82, 2.24) is 29.7 Å². The molecule has 0 saturated heterocycles. The van der Waals surface area contributed by atoms with Gasteiger partial charge in [-0.25, -0.2) is 9.67 Å². The summed E-state index contributed by atoms with van der Waals surface area (Å²) in [5.41, 5.74) is 0. The zero-order valence-electron chi connectivity index (χ0n) is 9.16. The molecule has 0 bridgehead atoms. The van der Waals surface area contributed by atoms with Crippen molar-refractivity contribution in [2.24, 2.45) is 7.05 Å². The van der Waals surface area contributed by atoms with Gasteiger partial charge in [0.1, 0.15) is 6.33 Å². The van der Waals surface area contributed by atoms with E-state index in [0.717, 1.165) is 0 Å². The molecule has 2 aromatic rings. The van der Waals surface area contributed by atoms with E-state index < -0.39 is 0 Å². The minimum Gasteiger partial charge on any atom is -0.464 e. The highest BCUT2D eigenvalue weighted by atomic mass is 35.5. The van der Waals surface area contributed by atoms with Crippen LogP contribution in [0.3, 0.4) is 0 Å². The molecule has 0 aliphatic heterocycles. The molecule has 0 spiro atoms. The summed E-state index contributed by atoms with van der Waals surface area (Å²) in [6.07, 6.45) is 1.45. The van der Waals surface area contributed by atoms with Crippen LogP contribution in [0.2, 0.25) is 5.28 Å². The molecule has 2 aromatic heterocycles. The summed E-state index contributed by atoms with van der Waals surface area (Å²) in [5, 5.41) is 5.12. The topological polar surface area (TPSA) is 78.6 Å². The van der Waals surface area contributed by atoms with Gasteiger partial charge in [0.2, 0.25) is 10.4 Å². The van der Waals surface area contributed by atoms with Crippen LogP contribution >= 0.6 is 23.4 Å². The second-order valence-corrected chi connectivity index (χ2v) is 4.14. The summed E-state index contributed by atoms with van der Waals surface area (Å²) in [7, 11) is 1.78. The molecule has 0 aliphatic rings. The number of aryl methyl sites for hydroxylation is 1. The van der Waals surface area contributed by atoms with Crippen LogP contribution in [0.5, 0.6) is 6.01 Å². The smallest absolute Gasteiger partial charge is 0.321 e. The zero-order chi connectivity index (χ0) is 12.3. The van der Waals surface area contributed by atoms with E-state index in [1.54, 1.807) is 11.7 Å². The minimum absolute atomic E-state index is 0.0909. The third kappa shape index (κ3) is 3.04. The molecule has 0 aromatic carbocycles. The summed E-state index contributed by atoms with van der Waals surface area (Å²) in [5.74, 6) is 0. The highest BCUT2D eigenvalue weighted by Crippen LogP contribution is 2.23. The number of hydrogen-bond donors (Lipinski definition) is 0. The third-order valence-corrected chi connectivity index (χ3v) is 2.78. The minimum atomic E-state index is 0.0909. The molecule has 0 aliphatic carbocycles. The Morgan fingerprint density at radius 1 is 1.41 bits per heavy atom. The molecule has 0 atom stereocenters. The molecule has 2 heterocycles. The molecule has 0 N–H and O–H groups in total. The SMILES string of the molecule is CCOc1nc(Cl)nc(Sc2ncnn2C)n1. The van der Waals surface area contributed by atoms with Crippen LogP contribution in [0.15, 0.2) is 16.6 Å². The van der Waals surface area contributed by atoms with Gasteiger partial charge in [0, 0.05) is 7.05 Å². The highest BCUT2D eigenvalue weighted by molar-refractivity contribution is 7.99. The van der Waals surface area contributed by atoms with Crippen molar-refractivity contribution >= 4 is 23.4 Å². The van der Waals surface area contributed by atoms with Gasteiger partial charge in [-0.1, -0.05) is 0 Å². The van der Waals surface area contributed by atoms with Crippen molar-refractivity contribution in [3.05, 3.63) is 11.6 Å². The monoisotopic (exact) mass is 272 g/mol. The van der Waals surface area contributed by atoms with E-state index in [2.05, 4.69) is 25.0 Å². The van der Waals surface area contributed by atoms with Gasteiger partial charge in [0.05, 0.1) is 6.61 Å². The first kappa shape index (κ1) is 12.1. The summed E-state index contributed by atoms with van der Waals surface area (Å²) < 4.78 is 6.79.